The summed E-state index contributed by atoms with van der Waals surface area (Å²) < 4.78 is 0. The zero-order valence-electron chi connectivity index (χ0n) is 7.64. The Morgan fingerprint density at radius 2 is 2.46 bits per heavy atom. The average molecular weight is 179 g/mol. The van der Waals surface area contributed by atoms with E-state index in [4.69, 9.17) is 0 Å². The van der Waals surface area contributed by atoms with Crippen LogP contribution in [0.3, 0.4) is 0 Å². The minimum Gasteiger partial charge on any atom is -0.391 e. The molecule has 1 saturated heterocycles. The first-order valence-electron chi connectivity index (χ1n) is 4.48. The van der Waals surface area contributed by atoms with Crippen molar-refractivity contribution in [2.24, 2.45) is 0 Å². The highest BCUT2D eigenvalue weighted by Gasteiger charge is 2.21. The normalized spacial score (nSPS) is 22.3. The lowest BCUT2D eigenvalue weighted by Gasteiger charge is -2.14. The number of anilines is 1. The summed E-state index contributed by atoms with van der Waals surface area (Å²) in [5.74, 6) is 0.733. The van der Waals surface area contributed by atoms with Crippen molar-refractivity contribution in [3.8, 4) is 0 Å². The van der Waals surface area contributed by atoms with Gasteiger partial charge in [0.05, 0.1) is 6.10 Å². The second-order valence-electron chi connectivity index (χ2n) is 3.39. The van der Waals surface area contributed by atoms with Gasteiger partial charge < -0.3 is 10.0 Å². The van der Waals surface area contributed by atoms with Crippen molar-refractivity contribution in [2.75, 3.05) is 18.0 Å². The molecule has 0 radical (unpaired) electrons. The van der Waals surface area contributed by atoms with Gasteiger partial charge in [-0.05, 0) is 19.4 Å². The molecule has 2 rings (SSSR count). The Hall–Kier alpha value is -1.16. The Bertz CT molecular complexity index is 303. The fourth-order valence-electron chi connectivity index (χ4n) is 1.51. The van der Waals surface area contributed by atoms with E-state index in [1.807, 2.05) is 17.9 Å². The highest BCUT2D eigenvalue weighted by molar-refractivity contribution is 5.31. The van der Waals surface area contributed by atoms with Crippen molar-refractivity contribution < 1.29 is 5.11 Å². The number of hydrogen-bond donors (Lipinski definition) is 1. The lowest BCUT2D eigenvalue weighted by molar-refractivity contribution is 0.198. The van der Waals surface area contributed by atoms with Crippen LogP contribution in [0.25, 0.3) is 0 Å². The van der Waals surface area contributed by atoms with Crippen LogP contribution in [0.15, 0.2) is 12.3 Å². The molecular formula is C9H13N3O. The number of aliphatic hydroxyl groups is 1. The average Bonchev–Trinajstić information content (AvgIpc) is 2.52. The third kappa shape index (κ3) is 1.78. The van der Waals surface area contributed by atoms with Crippen molar-refractivity contribution in [1.82, 2.24) is 9.97 Å². The maximum atomic E-state index is 9.33. The lowest BCUT2D eigenvalue weighted by Crippen LogP contribution is -2.23. The summed E-state index contributed by atoms with van der Waals surface area (Å²) in [6.45, 7) is 3.45. The molecule has 0 bridgehead atoms. The van der Waals surface area contributed by atoms with Crippen LogP contribution in [0.1, 0.15) is 12.1 Å². The van der Waals surface area contributed by atoms with Crippen molar-refractivity contribution >= 4 is 5.95 Å². The Balaban J connectivity index is 2.16. The molecule has 1 fully saturated rings. The summed E-state index contributed by atoms with van der Waals surface area (Å²) in [7, 11) is 0. The van der Waals surface area contributed by atoms with E-state index < -0.39 is 0 Å². The summed E-state index contributed by atoms with van der Waals surface area (Å²) in [4.78, 5) is 10.5. The SMILES string of the molecule is Cc1ccnc(N2CCC(O)C2)n1. The molecule has 70 valence electrons. The maximum absolute atomic E-state index is 9.33. The smallest absolute Gasteiger partial charge is 0.225 e. The zero-order valence-corrected chi connectivity index (χ0v) is 7.64. The van der Waals surface area contributed by atoms with Crippen molar-refractivity contribution in [2.45, 2.75) is 19.4 Å². The topological polar surface area (TPSA) is 49.2 Å². The molecule has 0 aliphatic carbocycles. The Morgan fingerprint density at radius 1 is 1.62 bits per heavy atom. The standard InChI is InChI=1S/C9H13N3O/c1-7-2-4-10-9(11-7)12-5-3-8(13)6-12/h2,4,8,13H,3,5-6H2,1H3. The number of aryl methyl sites for hydroxylation is 1. The molecular weight excluding hydrogens is 166 g/mol. The predicted octanol–water partition coefficient (Wildman–Crippen LogP) is 0.356. The number of aromatic nitrogens is 2. The summed E-state index contributed by atoms with van der Waals surface area (Å²) >= 11 is 0. The molecule has 1 aromatic rings. The highest BCUT2D eigenvalue weighted by Crippen LogP contribution is 2.15. The first kappa shape index (κ1) is 8.44. The van der Waals surface area contributed by atoms with Crippen LogP contribution in [-0.4, -0.2) is 34.3 Å². The van der Waals surface area contributed by atoms with E-state index in [0.29, 0.717) is 6.54 Å². The molecule has 4 nitrogen and oxygen atoms in total. The van der Waals surface area contributed by atoms with E-state index in [0.717, 1.165) is 24.6 Å². The van der Waals surface area contributed by atoms with Gasteiger partial charge in [-0.3, -0.25) is 0 Å². The summed E-state index contributed by atoms with van der Waals surface area (Å²) in [5, 5.41) is 9.33. The number of aliphatic hydroxyl groups excluding tert-OH is 1. The van der Waals surface area contributed by atoms with E-state index in [1.54, 1.807) is 6.20 Å². The molecule has 2 heterocycles. The van der Waals surface area contributed by atoms with E-state index in [-0.39, 0.29) is 6.10 Å². The van der Waals surface area contributed by atoms with Gasteiger partial charge in [-0.15, -0.1) is 0 Å². The van der Waals surface area contributed by atoms with E-state index in [9.17, 15) is 5.11 Å². The largest absolute Gasteiger partial charge is 0.391 e. The summed E-state index contributed by atoms with van der Waals surface area (Å²) in [6, 6.07) is 1.87. The Labute approximate surface area is 77.2 Å². The number of rotatable bonds is 1. The monoisotopic (exact) mass is 179 g/mol. The maximum Gasteiger partial charge on any atom is 0.225 e. The Morgan fingerprint density at radius 3 is 3.08 bits per heavy atom. The van der Waals surface area contributed by atoms with Crippen LogP contribution < -0.4 is 4.90 Å². The first-order valence-corrected chi connectivity index (χ1v) is 4.48. The van der Waals surface area contributed by atoms with Crippen molar-refractivity contribution in [1.29, 1.82) is 0 Å². The zero-order chi connectivity index (χ0) is 9.26. The summed E-state index contributed by atoms with van der Waals surface area (Å²) in [6.07, 6.45) is 2.35. The van der Waals surface area contributed by atoms with Gasteiger partial charge in [0.2, 0.25) is 5.95 Å². The van der Waals surface area contributed by atoms with Crippen molar-refractivity contribution in [3.05, 3.63) is 18.0 Å². The van der Waals surface area contributed by atoms with Gasteiger partial charge in [0.1, 0.15) is 0 Å². The number of β-amino-alcohol motifs (C(OH)–C–C–N with tert-alkyl or cyclic N) is 1. The fraction of sp³-hybridized carbons (Fsp3) is 0.556. The van der Waals surface area contributed by atoms with Gasteiger partial charge in [0, 0.05) is 25.0 Å². The van der Waals surface area contributed by atoms with E-state index >= 15 is 0 Å². The van der Waals surface area contributed by atoms with Crippen LogP contribution in [0.4, 0.5) is 5.95 Å². The minimum atomic E-state index is -0.218. The Kier molecular flexibility index (Phi) is 2.14. The molecule has 4 heteroatoms. The number of hydrogen-bond acceptors (Lipinski definition) is 4. The third-order valence-electron chi connectivity index (χ3n) is 2.23. The van der Waals surface area contributed by atoms with E-state index in [2.05, 4.69) is 9.97 Å². The number of nitrogens with zero attached hydrogens (tertiary/aromatic N) is 3. The predicted molar refractivity (Wildman–Crippen MR) is 49.6 cm³/mol. The quantitative estimate of drug-likeness (QED) is 0.676. The van der Waals surface area contributed by atoms with Crippen LogP contribution in [-0.2, 0) is 0 Å². The molecule has 0 spiro atoms. The van der Waals surface area contributed by atoms with Gasteiger partial charge >= 0.3 is 0 Å². The molecule has 1 N–H and O–H groups in total. The van der Waals surface area contributed by atoms with Gasteiger partial charge in [-0.2, -0.15) is 0 Å². The van der Waals surface area contributed by atoms with Crippen molar-refractivity contribution in [3.63, 3.8) is 0 Å². The summed E-state index contributed by atoms with van der Waals surface area (Å²) in [5.41, 5.74) is 0.964. The van der Waals surface area contributed by atoms with E-state index in [1.165, 1.54) is 0 Å². The molecule has 0 aromatic carbocycles. The van der Waals surface area contributed by atoms with Crippen LogP contribution in [0, 0.1) is 6.92 Å². The van der Waals surface area contributed by atoms with Crippen LogP contribution in [0.2, 0.25) is 0 Å². The van der Waals surface area contributed by atoms with Crippen LogP contribution in [0.5, 0.6) is 0 Å². The molecule has 1 unspecified atom stereocenters. The molecule has 1 aliphatic rings. The molecule has 1 aromatic heterocycles. The second kappa shape index (κ2) is 3.30. The highest BCUT2D eigenvalue weighted by atomic mass is 16.3. The molecule has 1 aliphatic heterocycles. The van der Waals surface area contributed by atoms with Gasteiger partial charge in [0.25, 0.3) is 0 Å². The fourth-order valence-corrected chi connectivity index (χ4v) is 1.51. The minimum absolute atomic E-state index is 0.218. The van der Waals surface area contributed by atoms with Crippen LogP contribution >= 0.6 is 0 Å². The van der Waals surface area contributed by atoms with Gasteiger partial charge in [0.15, 0.2) is 0 Å². The molecule has 13 heavy (non-hydrogen) atoms. The second-order valence-corrected chi connectivity index (χ2v) is 3.39. The first-order chi connectivity index (χ1) is 6.25. The van der Waals surface area contributed by atoms with Gasteiger partial charge in [-0.25, -0.2) is 9.97 Å². The molecule has 0 amide bonds. The van der Waals surface area contributed by atoms with Gasteiger partial charge in [-0.1, -0.05) is 0 Å². The molecule has 0 saturated carbocycles. The molecule has 1 atom stereocenters. The third-order valence-corrected chi connectivity index (χ3v) is 2.23. The lowest BCUT2D eigenvalue weighted by atomic mass is 10.3.